The molecular formula is C19H34N6O7. The highest BCUT2D eigenvalue weighted by Gasteiger charge is 2.29. The minimum atomic E-state index is -1.36. The molecule has 4 unspecified atom stereocenters. The number of nitrogens with two attached hydrogens (primary N) is 3. The maximum atomic E-state index is 12.7. The van der Waals surface area contributed by atoms with Gasteiger partial charge in [-0.3, -0.25) is 24.0 Å². The van der Waals surface area contributed by atoms with Crippen LogP contribution in [0.1, 0.15) is 52.9 Å². The molecule has 182 valence electrons. The molecule has 0 heterocycles. The van der Waals surface area contributed by atoms with E-state index >= 15 is 0 Å². The van der Waals surface area contributed by atoms with Gasteiger partial charge in [-0.25, -0.2) is 4.79 Å². The number of hydrogen-bond acceptors (Lipinski definition) is 7. The minimum Gasteiger partial charge on any atom is -0.480 e. The second kappa shape index (κ2) is 14.0. The van der Waals surface area contributed by atoms with E-state index in [4.69, 9.17) is 17.2 Å². The van der Waals surface area contributed by atoms with Crippen LogP contribution >= 0.6 is 0 Å². The summed E-state index contributed by atoms with van der Waals surface area (Å²) in [5.41, 5.74) is 15.8. The first-order valence-electron chi connectivity index (χ1n) is 10.2. The standard InChI is InChI=1S/C19H34N6O7/c1-9(2)8-13(25-17(29)11(20)4-6-14(21)26)18(30)23-10(3)16(28)24-12(19(31)32)5-7-15(22)27/h9-13H,4-8,20H2,1-3H3,(H2,21,26)(H2,22,27)(H,23,30)(H,24,28)(H,25,29)(H,31,32). The zero-order valence-electron chi connectivity index (χ0n) is 18.6. The second-order valence-corrected chi connectivity index (χ2v) is 7.94. The maximum Gasteiger partial charge on any atom is 0.326 e. The number of aliphatic carboxylic acids is 1. The molecule has 4 atom stereocenters. The highest BCUT2D eigenvalue weighted by atomic mass is 16.4. The Morgan fingerprint density at radius 2 is 1.25 bits per heavy atom. The molecule has 13 heteroatoms. The highest BCUT2D eigenvalue weighted by molar-refractivity contribution is 5.94. The SMILES string of the molecule is CC(C)CC(NC(=O)C(N)CCC(N)=O)C(=O)NC(C)C(=O)NC(CCC(N)=O)C(=O)O. The number of carbonyl (C=O) groups is 6. The van der Waals surface area contributed by atoms with Gasteiger partial charge in [-0.05, 0) is 32.1 Å². The van der Waals surface area contributed by atoms with Crippen LogP contribution in [0.4, 0.5) is 0 Å². The summed E-state index contributed by atoms with van der Waals surface area (Å²) in [6, 6.07) is -4.55. The molecule has 0 aliphatic heterocycles. The summed E-state index contributed by atoms with van der Waals surface area (Å²) >= 11 is 0. The van der Waals surface area contributed by atoms with Gasteiger partial charge in [0.25, 0.3) is 0 Å². The van der Waals surface area contributed by atoms with Gasteiger partial charge in [0.05, 0.1) is 6.04 Å². The molecule has 0 aliphatic rings. The third-order valence-corrected chi connectivity index (χ3v) is 4.42. The number of nitrogens with one attached hydrogen (secondary N) is 3. The van der Waals surface area contributed by atoms with Crippen LogP contribution in [-0.4, -0.2) is 64.8 Å². The lowest BCUT2D eigenvalue weighted by molar-refractivity contribution is -0.142. The van der Waals surface area contributed by atoms with Crippen molar-refractivity contribution in [2.75, 3.05) is 0 Å². The van der Waals surface area contributed by atoms with Crippen LogP contribution in [0.5, 0.6) is 0 Å². The lowest BCUT2D eigenvalue weighted by Gasteiger charge is -2.24. The van der Waals surface area contributed by atoms with Crippen LogP contribution in [0.3, 0.4) is 0 Å². The van der Waals surface area contributed by atoms with E-state index in [1.54, 1.807) is 0 Å². The number of hydrogen-bond donors (Lipinski definition) is 7. The van der Waals surface area contributed by atoms with Gasteiger partial charge in [0, 0.05) is 12.8 Å². The van der Waals surface area contributed by atoms with Crippen molar-refractivity contribution in [1.82, 2.24) is 16.0 Å². The van der Waals surface area contributed by atoms with Crippen molar-refractivity contribution in [3.05, 3.63) is 0 Å². The average molecular weight is 459 g/mol. The van der Waals surface area contributed by atoms with E-state index in [-0.39, 0.29) is 38.0 Å². The highest BCUT2D eigenvalue weighted by Crippen LogP contribution is 2.07. The normalized spacial score (nSPS) is 14.5. The van der Waals surface area contributed by atoms with Gasteiger partial charge in [-0.1, -0.05) is 13.8 Å². The Kier molecular flexibility index (Phi) is 12.6. The molecule has 0 saturated carbocycles. The molecule has 0 rings (SSSR count). The van der Waals surface area contributed by atoms with Crippen molar-refractivity contribution >= 4 is 35.5 Å². The summed E-state index contributed by atoms with van der Waals surface area (Å²) < 4.78 is 0. The van der Waals surface area contributed by atoms with Crippen molar-refractivity contribution < 1.29 is 33.9 Å². The first-order chi connectivity index (χ1) is 14.7. The van der Waals surface area contributed by atoms with Crippen LogP contribution in [-0.2, 0) is 28.8 Å². The Balaban J connectivity index is 5.05. The van der Waals surface area contributed by atoms with E-state index in [2.05, 4.69) is 16.0 Å². The van der Waals surface area contributed by atoms with Crippen molar-refractivity contribution in [2.24, 2.45) is 23.1 Å². The van der Waals surface area contributed by atoms with Crippen LogP contribution in [0, 0.1) is 5.92 Å². The lowest BCUT2D eigenvalue weighted by Crippen LogP contribution is -2.56. The molecule has 32 heavy (non-hydrogen) atoms. The fourth-order valence-electron chi connectivity index (χ4n) is 2.63. The zero-order valence-corrected chi connectivity index (χ0v) is 18.6. The number of carboxylic acids is 1. The molecule has 0 aromatic heterocycles. The van der Waals surface area contributed by atoms with E-state index in [0.717, 1.165) is 0 Å². The zero-order chi connectivity index (χ0) is 25.0. The Morgan fingerprint density at radius 3 is 1.72 bits per heavy atom. The van der Waals surface area contributed by atoms with E-state index in [1.165, 1.54) is 6.92 Å². The van der Waals surface area contributed by atoms with E-state index in [0.29, 0.717) is 0 Å². The fourth-order valence-corrected chi connectivity index (χ4v) is 2.63. The Bertz CT molecular complexity index is 712. The van der Waals surface area contributed by atoms with Gasteiger partial charge in [0.2, 0.25) is 29.5 Å². The molecule has 0 spiro atoms. The van der Waals surface area contributed by atoms with Crippen molar-refractivity contribution in [1.29, 1.82) is 0 Å². The Hall–Kier alpha value is -3.22. The first kappa shape index (κ1) is 28.8. The minimum absolute atomic E-state index is 0.00205. The molecule has 0 aromatic rings. The van der Waals surface area contributed by atoms with Gasteiger partial charge in [-0.15, -0.1) is 0 Å². The number of carbonyl (C=O) groups excluding carboxylic acids is 5. The van der Waals surface area contributed by atoms with E-state index in [1.807, 2.05) is 13.8 Å². The summed E-state index contributed by atoms with van der Waals surface area (Å²) in [6.45, 7) is 4.99. The van der Waals surface area contributed by atoms with Gasteiger partial charge in [0.15, 0.2) is 0 Å². The molecule has 0 fully saturated rings. The van der Waals surface area contributed by atoms with Crippen LogP contribution in [0.2, 0.25) is 0 Å². The predicted molar refractivity (Wildman–Crippen MR) is 113 cm³/mol. The second-order valence-electron chi connectivity index (χ2n) is 7.94. The van der Waals surface area contributed by atoms with Crippen LogP contribution < -0.4 is 33.2 Å². The van der Waals surface area contributed by atoms with E-state index < -0.39 is 59.7 Å². The molecule has 0 saturated heterocycles. The number of amides is 5. The monoisotopic (exact) mass is 458 g/mol. The molecule has 5 amide bonds. The van der Waals surface area contributed by atoms with Crippen LogP contribution in [0.25, 0.3) is 0 Å². The number of primary amides is 2. The predicted octanol–water partition coefficient (Wildman–Crippen LogP) is -2.55. The average Bonchev–Trinajstić information content (AvgIpc) is 2.67. The van der Waals surface area contributed by atoms with Gasteiger partial charge < -0.3 is 38.3 Å². The van der Waals surface area contributed by atoms with Gasteiger partial charge in [0.1, 0.15) is 18.1 Å². The quantitative estimate of drug-likeness (QED) is 0.137. The summed E-state index contributed by atoms with van der Waals surface area (Å²) in [5.74, 6) is -4.78. The third-order valence-electron chi connectivity index (χ3n) is 4.42. The van der Waals surface area contributed by atoms with Crippen molar-refractivity contribution in [2.45, 2.75) is 77.0 Å². The van der Waals surface area contributed by atoms with Crippen LogP contribution in [0.15, 0.2) is 0 Å². The van der Waals surface area contributed by atoms with Gasteiger partial charge >= 0.3 is 5.97 Å². The topological polar surface area (TPSA) is 237 Å². The summed E-state index contributed by atoms with van der Waals surface area (Å²) in [6.07, 6.45) is -0.279. The number of rotatable bonds is 15. The Labute approximate surface area is 186 Å². The Morgan fingerprint density at radius 1 is 0.750 bits per heavy atom. The van der Waals surface area contributed by atoms with E-state index in [9.17, 15) is 33.9 Å². The van der Waals surface area contributed by atoms with Crippen molar-refractivity contribution in [3.8, 4) is 0 Å². The largest absolute Gasteiger partial charge is 0.480 e. The smallest absolute Gasteiger partial charge is 0.326 e. The molecule has 0 aliphatic carbocycles. The molecule has 13 nitrogen and oxygen atoms in total. The van der Waals surface area contributed by atoms with Crippen molar-refractivity contribution in [3.63, 3.8) is 0 Å². The summed E-state index contributed by atoms with van der Waals surface area (Å²) in [4.78, 5) is 70.2. The molecule has 0 aromatic carbocycles. The molecule has 0 radical (unpaired) electrons. The number of carboxylic acid groups (broad SMARTS) is 1. The summed E-state index contributed by atoms with van der Waals surface area (Å²) in [5, 5.41) is 16.3. The molecular weight excluding hydrogens is 424 g/mol. The van der Waals surface area contributed by atoms with Gasteiger partial charge in [-0.2, -0.15) is 0 Å². The molecule has 0 bridgehead atoms. The lowest BCUT2D eigenvalue weighted by atomic mass is 10.0. The summed E-state index contributed by atoms with van der Waals surface area (Å²) in [7, 11) is 0. The third kappa shape index (κ3) is 11.8. The fraction of sp³-hybridized carbons (Fsp3) is 0.684. The first-order valence-corrected chi connectivity index (χ1v) is 10.2. The maximum absolute atomic E-state index is 12.7. The molecule has 10 N–H and O–H groups in total.